The Hall–Kier alpha value is -1.26. The summed E-state index contributed by atoms with van der Waals surface area (Å²) in [4.78, 5) is 7.99. The molecule has 0 fully saturated rings. The van der Waals surface area contributed by atoms with Gasteiger partial charge in [-0.15, -0.1) is 11.3 Å². The Morgan fingerprint density at radius 2 is 2.05 bits per heavy atom. The SMILES string of the molecule is CCN(CC)c1ncc(CNc2ccc(Cl)cc2C)s1. The normalized spacial score (nSPS) is 10.6. The van der Waals surface area contributed by atoms with Crippen molar-refractivity contribution < 1.29 is 0 Å². The monoisotopic (exact) mass is 309 g/mol. The van der Waals surface area contributed by atoms with Crippen LogP contribution < -0.4 is 10.2 Å². The van der Waals surface area contributed by atoms with Crippen LogP contribution in [0.4, 0.5) is 10.8 Å². The third-order valence-electron chi connectivity index (χ3n) is 3.22. The highest BCUT2D eigenvalue weighted by molar-refractivity contribution is 7.15. The molecule has 20 heavy (non-hydrogen) atoms. The van der Waals surface area contributed by atoms with Crippen molar-refractivity contribution in [2.24, 2.45) is 0 Å². The van der Waals surface area contributed by atoms with Crippen molar-refractivity contribution in [1.29, 1.82) is 0 Å². The Balaban J connectivity index is 2.00. The van der Waals surface area contributed by atoms with Gasteiger partial charge in [-0.25, -0.2) is 4.98 Å². The fourth-order valence-electron chi connectivity index (χ4n) is 2.03. The Morgan fingerprint density at radius 1 is 1.30 bits per heavy atom. The van der Waals surface area contributed by atoms with E-state index in [9.17, 15) is 0 Å². The first-order valence-electron chi connectivity index (χ1n) is 6.83. The third-order valence-corrected chi connectivity index (χ3v) is 4.51. The molecule has 3 nitrogen and oxygen atoms in total. The summed E-state index contributed by atoms with van der Waals surface area (Å²) >= 11 is 7.71. The number of hydrogen-bond donors (Lipinski definition) is 1. The largest absolute Gasteiger partial charge is 0.380 e. The van der Waals surface area contributed by atoms with Gasteiger partial charge in [0.05, 0.1) is 6.54 Å². The van der Waals surface area contributed by atoms with Crippen molar-refractivity contribution in [3.63, 3.8) is 0 Å². The average molecular weight is 310 g/mol. The van der Waals surface area contributed by atoms with Gasteiger partial charge in [0.15, 0.2) is 5.13 Å². The zero-order chi connectivity index (χ0) is 14.5. The molecule has 2 rings (SSSR count). The molecular formula is C15H20ClN3S. The second-order valence-corrected chi connectivity index (χ2v) is 6.12. The Morgan fingerprint density at radius 3 is 2.70 bits per heavy atom. The number of halogens is 1. The number of rotatable bonds is 6. The standard InChI is InChI=1S/C15H20ClN3S/c1-4-19(5-2)15-18-10-13(20-15)9-17-14-7-6-12(16)8-11(14)3/h6-8,10,17H,4-5,9H2,1-3H3. The molecule has 2 aromatic rings. The molecule has 0 unspecified atom stereocenters. The van der Waals surface area contributed by atoms with Gasteiger partial charge in [0.25, 0.3) is 0 Å². The first-order valence-corrected chi connectivity index (χ1v) is 8.03. The van der Waals surface area contributed by atoms with Crippen molar-refractivity contribution in [3.05, 3.63) is 39.9 Å². The van der Waals surface area contributed by atoms with Crippen molar-refractivity contribution in [1.82, 2.24) is 4.98 Å². The lowest BCUT2D eigenvalue weighted by Gasteiger charge is -2.16. The minimum Gasteiger partial charge on any atom is -0.380 e. The molecular weight excluding hydrogens is 290 g/mol. The molecule has 0 spiro atoms. The summed E-state index contributed by atoms with van der Waals surface area (Å²) in [6.45, 7) is 9.14. The van der Waals surface area contributed by atoms with Crippen LogP contribution in [0.2, 0.25) is 5.02 Å². The van der Waals surface area contributed by atoms with E-state index in [-0.39, 0.29) is 0 Å². The molecule has 1 heterocycles. The van der Waals surface area contributed by atoms with Gasteiger partial charge in [-0.3, -0.25) is 0 Å². The van der Waals surface area contributed by atoms with E-state index in [1.807, 2.05) is 24.4 Å². The molecule has 0 amide bonds. The number of aromatic nitrogens is 1. The quantitative estimate of drug-likeness (QED) is 0.847. The van der Waals surface area contributed by atoms with Crippen LogP contribution in [0, 0.1) is 6.92 Å². The van der Waals surface area contributed by atoms with Gasteiger partial charge < -0.3 is 10.2 Å². The lowest BCUT2D eigenvalue weighted by Crippen LogP contribution is -2.21. The molecule has 1 aromatic carbocycles. The summed E-state index contributed by atoms with van der Waals surface area (Å²) in [6, 6.07) is 5.90. The zero-order valence-electron chi connectivity index (χ0n) is 12.1. The summed E-state index contributed by atoms with van der Waals surface area (Å²) in [5.41, 5.74) is 2.28. The molecule has 108 valence electrons. The Bertz CT molecular complexity index is 564. The van der Waals surface area contributed by atoms with Gasteiger partial charge in [-0.2, -0.15) is 0 Å². The first kappa shape index (κ1) is 15.1. The lowest BCUT2D eigenvalue weighted by molar-refractivity contribution is 0.860. The minimum atomic E-state index is 0.773. The number of nitrogens with zero attached hydrogens (tertiary/aromatic N) is 2. The molecule has 0 aliphatic rings. The fraction of sp³-hybridized carbons (Fsp3) is 0.400. The van der Waals surface area contributed by atoms with E-state index < -0.39 is 0 Å². The highest BCUT2D eigenvalue weighted by atomic mass is 35.5. The number of benzene rings is 1. The van der Waals surface area contributed by atoms with E-state index in [1.165, 1.54) is 4.88 Å². The van der Waals surface area contributed by atoms with Crippen LogP contribution in [0.25, 0.3) is 0 Å². The van der Waals surface area contributed by atoms with Crippen molar-refractivity contribution in [3.8, 4) is 0 Å². The minimum absolute atomic E-state index is 0.773. The molecule has 0 saturated carbocycles. The van der Waals surface area contributed by atoms with Crippen LogP contribution in [0.1, 0.15) is 24.3 Å². The highest BCUT2D eigenvalue weighted by Gasteiger charge is 2.08. The van der Waals surface area contributed by atoms with Crippen molar-refractivity contribution in [2.75, 3.05) is 23.3 Å². The maximum Gasteiger partial charge on any atom is 0.185 e. The molecule has 0 atom stereocenters. The summed E-state index contributed by atoms with van der Waals surface area (Å²) < 4.78 is 0. The molecule has 0 aliphatic carbocycles. The van der Waals surface area contributed by atoms with Gasteiger partial charge in [-0.05, 0) is 44.5 Å². The summed E-state index contributed by atoms with van der Waals surface area (Å²) in [6.07, 6.45) is 1.95. The van der Waals surface area contributed by atoms with Gasteiger partial charge in [0.1, 0.15) is 0 Å². The fourth-order valence-corrected chi connectivity index (χ4v) is 3.23. The molecule has 0 radical (unpaired) electrons. The number of anilines is 2. The van der Waals surface area contributed by atoms with Crippen molar-refractivity contribution >= 4 is 33.8 Å². The maximum absolute atomic E-state index is 5.96. The summed E-state index contributed by atoms with van der Waals surface area (Å²) in [5.74, 6) is 0. The van der Waals surface area contributed by atoms with Crippen LogP contribution in [0.3, 0.4) is 0 Å². The number of nitrogens with one attached hydrogen (secondary N) is 1. The van der Waals surface area contributed by atoms with Gasteiger partial charge >= 0.3 is 0 Å². The number of aryl methyl sites for hydroxylation is 1. The van der Waals surface area contributed by atoms with Crippen LogP contribution in [0.5, 0.6) is 0 Å². The first-order chi connectivity index (χ1) is 9.63. The maximum atomic E-state index is 5.96. The lowest BCUT2D eigenvalue weighted by atomic mass is 10.2. The van der Waals surface area contributed by atoms with Gasteiger partial charge in [-0.1, -0.05) is 11.6 Å². The predicted octanol–water partition coefficient (Wildman–Crippen LogP) is 4.56. The van der Waals surface area contributed by atoms with Crippen LogP contribution in [-0.2, 0) is 6.54 Å². The van der Waals surface area contributed by atoms with Crippen molar-refractivity contribution in [2.45, 2.75) is 27.3 Å². The third kappa shape index (κ3) is 3.64. The second-order valence-electron chi connectivity index (χ2n) is 4.59. The smallest absolute Gasteiger partial charge is 0.185 e. The molecule has 0 saturated heterocycles. The van der Waals surface area contributed by atoms with E-state index in [0.717, 1.165) is 41.0 Å². The van der Waals surface area contributed by atoms with E-state index in [1.54, 1.807) is 11.3 Å². The molecule has 0 aliphatic heterocycles. The van der Waals surface area contributed by atoms with Crippen LogP contribution in [-0.4, -0.2) is 18.1 Å². The van der Waals surface area contributed by atoms with E-state index in [4.69, 9.17) is 11.6 Å². The summed E-state index contributed by atoms with van der Waals surface area (Å²) in [5, 5.41) is 5.31. The topological polar surface area (TPSA) is 28.2 Å². The molecule has 1 N–H and O–H groups in total. The Labute approximate surface area is 129 Å². The molecule has 0 bridgehead atoms. The Kier molecular flexibility index (Phi) is 5.26. The van der Waals surface area contributed by atoms with Crippen LogP contribution in [0.15, 0.2) is 24.4 Å². The zero-order valence-corrected chi connectivity index (χ0v) is 13.7. The predicted molar refractivity (Wildman–Crippen MR) is 89.2 cm³/mol. The molecule has 1 aromatic heterocycles. The van der Waals surface area contributed by atoms with Gasteiger partial charge in [0, 0.05) is 34.9 Å². The second kappa shape index (κ2) is 6.95. The summed E-state index contributed by atoms with van der Waals surface area (Å²) in [7, 11) is 0. The molecule has 5 heteroatoms. The van der Waals surface area contributed by atoms with E-state index >= 15 is 0 Å². The highest BCUT2D eigenvalue weighted by Crippen LogP contribution is 2.24. The number of thiazole rings is 1. The van der Waals surface area contributed by atoms with E-state index in [0.29, 0.717) is 0 Å². The number of hydrogen-bond acceptors (Lipinski definition) is 4. The van der Waals surface area contributed by atoms with Gasteiger partial charge in [0.2, 0.25) is 0 Å². The van der Waals surface area contributed by atoms with Crippen LogP contribution >= 0.6 is 22.9 Å². The average Bonchev–Trinajstić information content (AvgIpc) is 2.88. The van der Waals surface area contributed by atoms with E-state index in [2.05, 4.69) is 36.0 Å².